The molecule has 2 aromatic heterocycles. The van der Waals surface area contributed by atoms with Crippen LogP contribution < -0.4 is 21.7 Å². The van der Waals surface area contributed by atoms with Crippen LogP contribution >= 0.6 is 23.2 Å². The molecule has 13 heteroatoms. The van der Waals surface area contributed by atoms with Crippen molar-refractivity contribution in [1.82, 2.24) is 19.9 Å². The minimum absolute atomic E-state index is 0.136. The normalized spacial score (nSPS) is 14.2. The van der Waals surface area contributed by atoms with Crippen LogP contribution in [0.3, 0.4) is 0 Å². The minimum Gasteiger partial charge on any atom is -0.378 e. The number of benzene rings is 1. The fourth-order valence-corrected chi connectivity index (χ4v) is 4.45. The predicted octanol–water partition coefficient (Wildman–Crippen LogP) is 3.32. The number of likely N-dealkylation sites (N-methyl/N-ethyl adjacent to an activating group) is 1. The number of pyridine rings is 1. The van der Waals surface area contributed by atoms with Crippen LogP contribution in [-0.2, 0) is 6.42 Å². The van der Waals surface area contributed by atoms with Gasteiger partial charge in [-0.2, -0.15) is 0 Å². The first-order valence-corrected chi connectivity index (χ1v) is 11.7. The van der Waals surface area contributed by atoms with Gasteiger partial charge in [0.1, 0.15) is 11.5 Å². The number of nitrogens with two attached hydrogens (primary N) is 2. The lowest BCUT2D eigenvalue weighted by Gasteiger charge is -2.36. The number of aromatic nitrogens is 3. The highest BCUT2D eigenvalue weighted by atomic mass is 35.5. The number of nitrogen functional groups attached to an aromatic ring is 2. The number of nitrogens with one attached hydrogen (secondary N) is 1. The molecule has 0 unspecified atom stereocenters. The van der Waals surface area contributed by atoms with Gasteiger partial charge in [-0.25, -0.2) is 15.0 Å². The summed E-state index contributed by atoms with van der Waals surface area (Å²) in [4.78, 5) is 28.1. The van der Waals surface area contributed by atoms with Gasteiger partial charge < -0.3 is 26.6 Å². The summed E-state index contributed by atoms with van der Waals surface area (Å²) in [5.41, 5.74) is 14.6. The molecule has 0 saturated carbocycles. The summed E-state index contributed by atoms with van der Waals surface area (Å²) in [7, 11) is 2.08. The molecule has 1 saturated heterocycles. The van der Waals surface area contributed by atoms with Gasteiger partial charge in [-0.05, 0) is 31.3 Å². The third-order valence-electron chi connectivity index (χ3n) is 5.75. The Labute approximate surface area is 212 Å². The zero-order valence-corrected chi connectivity index (χ0v) is 20.6. The van der Waals surface area contributed by atoms with E-state index in [1.165, 1.54) is 12.1 Å². The van der Waals surface area contributed by atoms with Gasteiger partial charge >= 0.3 is 5.69 Å². The van der Waals surface area contributed by atoms with Crippen LogP contribution in [0.15, 0.2) is 30.3 Å². The maximum Gasteiger partial charge on any atom is 0.311 e. The topological polar surface area (TPSA) is 152 Å². The van der Waals surface area contributed by atoms with Gasteiger partial charge in [0.2, 0.25) is 11.8 Å². The second-order valence-corrected chi connectivity index (χ2v) is 9.02. The number of hydrogen-bond acceptors (Lipinski definition) is 10. The number of rotatable bonds is 7. The molecule has 35 heavy (non-hydrogen) atoms. The summed E-state index contributed by atoms with van der Waals surface area (Å²) < 4.78 is 0. The first kappa shape index (κ1) is 24.7. The predicted molar refractivity (Wildman–Crippen MR) is 139 cm³/mol. The standard InChI is InChI=1S/C22H25Cl2N9O2/c1-31-8-10-32(11-9-31)20-16(6-7-27-18-5-4-17(33(34)35)21(25)29-18)28-22(26)30-19(20)14-3-2-13(23)12-15(14)24/h2-5,12H,6-11H2,1H3,(H3,25,27,29)(H2,26,28,30). The van der Waals surface area contributed by atoms with Crippen LogP contribution in [0.1, 0.15) is 5.69 Å². The lowest BCUT2D eigenvalue weighted by molar-refractivity contribution is -0.384. The maximum absolute atomic E-state index is 11.0. The van der Waals surface area contributed by atoms with E-state index in [2.05, 4.69) is 37.1 Å². The minimum atomic E-state index is -0.568. The van der Waals surface area contributed by atoms with Crippen LogP contribution in [0.4, 0.5) is 29.0 Å². The smallest absolute Gasteiger partial charge is 0.311 e. The summed E-state index contributed by atoms with van der Waals surface area (Å²) in [5, 5.41) is 15.1. The molecule has 1 aromatic carbocycles. The molecule has 0 bridgehead atoms. The lowest BCUT2D eigenvalue weighted by Crippen LogP contribution is -2.45. The highest BCUT2D eigenvalue weighted by Gasteiger charge is 2.25. The average Bonchev–Trinajstić information content (AvgIpc) is 2.79. The molecule has 11 nitrogen and oxygen atoms in total. The average molecular weight is 518 g/mol. The third-order valence-corrected chi connectivity index (χ3v) is 6.29. The highest BCUT2D eigenvalue weighted by molar-refractivity contribution is 6.36. The van der Waals surface area contributed by atoms with Crippen molar-refractivity contribution in [3.05, 3.63) is 56.2 Å². The molecule has 0 spiro atoms. The molecule has 1 aliphatic heterocycles. The van der Waals surface area contributed by atoms with Crippen molar-refractivity contribution in [2.75, 3.05) is 61.5 Å². The van der Waals surface area contributed by atoms with Gasteiger partial charge in [0.15, 0.2) is 0 Å². The highest BCUT2D eigenvalue weighted by Crippen LogP contribution is 2.38. The number of piperazine rings is 1. The van der Waals surface area contributed by atoms with E-state index in [1.54, 1.807) is 12.1 Å². The number of nitrogens with zero attached hydrogens (tertiary/aromatic N) is 6. The van der Waals surface area contributed by atoms with E-state index in [-0.39, 0.29) is 17.5 Å². The second kappa shape index (κ2) is 10.5. The van der Waals surface area contributed by atoms with Crippen molar-refractivity contribution in [2.45, 2.75) is 6.42 Å². The quantitative estimate of drug-likeness (QED) is 0.314. The van der Waals surface area contributed by atoms with E-state index in [0.29, 0.717) is 34.5 Å². The van der Waals surface area contributed by atoms with Crippen LogP contribution in [-0.4, -0.2) is 64.5 Å². The van der Waals surface area contributed by atoms with Crippen molar-refractivity contribution in [3.8, 4) is 11.3 Å². The van der Waals surface area contributed by atoms with E-state index >= 15 is 0 Å². The Balaban J connectivity index is 1.66. The molecule has 0 amide bonds. The van der Waals surface area contributed by atoms with Crippen LogP contribution in [0.2, 0.25) is 10.0 Å². The third kappa shape index (κ3) is 5.64. The number of nitro groups is 1. The molecule has 1 fully saturated rings. The zero-order chi connectivity index (χ0) is 25.1. The monoisotopic (exact) mass is 517 g/mol. The van der Waals surface area contributed by atoms with Crippen molar-refractivity contribution < 1.29 is 4.92 Å². The van der Waals surface area contributed by atoms with Crippen LogP contribution in [0.25, 0.3) is 11.3 Å². The fourth-order valence-electron chi connectivity index (χ4n) is 3.96. The molecule has 184 valence electrons. The molecule has 1 aliphatic rings. The Morgan fingerprint density at radius 3 is 2.49 bits per heavy atom. The van der Waals surface area contributed by atoms with Gasteiger partial charge in [0, 0.05) is 55.8 Å². The molecule has 0 aliphatic carbocycles. The Morgan fingerprint density at radius 1 is 1.09 bits per heavy atom. The molecule has 4 rings (SSSR count). The number of halogens is 2. The SMILES string of the molecule is CN1CCN(c2c(CCNc3ccc([N+](=O)[O-])c(N)n3)nc(N)nc2-c2ccc(Cl)cc2Cl)CC1. The molecule has 5 N–H and O–H groups in total. The Morgan fingerprint density at radius 2 is 1.83 bits per heavy atom. The summed E-state index contributed by atoms with van der Waals surface area (Å²) in [6, 6.07) is 8.11. The molecule has 0 atom stereocenters. The van der Waals surface area contributed by atoms with Gasteiger partial charge in [-0.1, -0.05) is 23.2 Å². The lowest BCUT2D eigenvalue weighted by atomic mass is 10.1. The Hall–Kier alpha value is -3.41. The number of hydrogen-bond donors (Lipinski definition) is 3. The van der Waals surface area contributed by atoms with Crippen molar-refractivity contribution >= 4 is 52.2 Å². The summed E-state index contributed by atoms with van der Waals surface area (Å²) >= 11 is 12.7. The van der Waals surface area contributed by atoms with Gasteiger partial charge in [0.05, 0.1) is 21.3 Å². The summed E-state index contributed by atoms with van der Waals surface area (Å²) in [6.45, 7) is 3.81. The second-order valence-electron chi connectivity index (χ2n) is 8.17. The molecule has 3 aromatic rings. The van der Waals surface area contributed by atoms with Crippen molar-refractivity contribution in [2.24, 2.45) is 0 Å². The largest absolute Gasteiger partial charge is 0.378 e. The van der Waals surface area contributed by atoms with Gasteiger partial charge in [-0.15, -0.1) is 0 Å². The summed E-state index contributed by atoms with van der Waals surface area (Å²) in [6.07, 6.45) is 0.491. The van der Waals surface area contributed by atoms with Crippen LogP contribution in [0, 0.1) is 10.1 Å². The van der Waals surface area contributed by atoms with Gasteiger partial charge in [-0.3, -0.25) is 10.1 Å². The maximum atomic E-state index is 11.0. The molecule has 3 heterocycles. The first-order valence-electron chi connectivity index (χ1n) is 10.9. The van der Waals surface area contributed by atoms with E-state index in [1.807, 2.05) is 6.07 Å². The molecular weight excluding hydrogens is 493 g/mol. The van der Waals surface area contributed by atoms with E-state index in [9.17, 15) is 10.1 Å². The van der Waals surface area contributed by atoms with E-state index in [4.69, 9.17) is 34.7 Å². The fraction of sp³-hybridized carbons (Fsp3) is 0.318. The molecule has 0 radical (unpaired) electrons. The molecular formula is C22H25Cl2N9O2. The van der Waals surface area contributed by atoms with E-state index in [0.717, 1.165) is 43.1 Å². The van der Waals surface area contributed by atoms with Crippen LogP contribution in [0.5, 0.6) is 0 Å². The Kier molecular flexibility index (Phi) is 7.39. The Bertz CT molecular complexity index is 1250. The van der Waals surface area contributed by atoms with Crippen molar-refractivity contribution in [1.29, 1.82) is 0 Å². The van der Waals surface area contributed by atoms with Crippen molar-refractivity contribution in [3.63, 3.8) is 0 Å². The first-order chi connectivity index (χ1) is 16.7. The number of anilines is 4. The van der Waals surface area contributed by atoms with Gasteiger partial charge in [0.25, 0.3) is 0 Å². The summed E-state index contributed by atoms with van der Waals surface area (Å²) in [5.74, 6) is 0.415. The zero-order valence-electron chi connectivity index (χ0n) is 19.0. The van der Waals surface area contributed by atoms with E-state index < -0.39 is 4.92 Å².